The molecule has 0 spiro atoms. The molecule has 1 amide bonds. The van der Waals surface area contributed by atoms with E-state index in [4.69, 9.17) is 0 Å². The van der Waals surface area contributed by atoms with Crippen molar-refractivity contribution in [1.29, 1.82) is 0 Å². The highest BCUT2D eigenvalue weighted by Gasteiger charge is 2.26. The van der Waals surface area contributed by atoms with Crippen molar-refractivity contribution in [2.75, 3.05) is 13.2 Å². The predicted octanol–water partition coefficient (Wildman–Crippen LogP) is 1.50. The van der Waals surface area contributed by atoms with E-state index in [1.54, 1.807) is 6.07 Å². The molecule has 0 unspecified atom stereocenters. The van der Waals surface area contributed by atoms with Gasteiger partial charge in [-0.05, 0) is 25.3 Å². The number of carbonyl (C=O) groups excluding carboxylic acids is 1. The molecule has 0 aliphatic carbocycles. The van der Waals surface area contributed by atoms with Crippen LogP contribution in [0.25, 0.3) is 0 Å². The number of amides is 1. The van der Waals surface area contributed by atoms with E-state index in [0.29, 0.717) is 12.2 Å². The summed E-state index contributed by atoms with van der Waals surface area (Å²) in [6, 6.07) is 1.76. The van der Waals surface area contributed by atoms with E-state index in [2.05, 4.69) is 15.5 Å². The van der Waals surface area contributed by atoms with Crippen LogP contribution in [0.4, 0.5) is 0 Å². The largest absolute Gasteiger partial charge is 0.396 e. The van der Waals surface area contributed by atoms with Gasteiger partial charge in [-0.25, -0.2) is 0 Å². The summed E-state index contributed by atoms with van der Waals surface area (Å²) in [4.78, 5) is 11.9. The quantitative estimate of drug-likeness (QED) is 0.689. The lowest BCUT2D eigenvalue weighted by Crippen LogP contribution is -2.39. The molecule has 0 bridgehead atoms. The van der Waals surface area contributed by atoms with Crippen molar-refractivity contribution in [1.82, 2.24) is 15.5 Å². The Morgan fingerprint density at radius 2 is 2.11 bits per heavy atom. The van der Waals surface area contributed by atoms with Crippen LogP contribution in [0, 0.1) is 5.41 Å². The van der Waals surface area contributed by atoms with E-state index in [1.165, 1.54) is 0 Å². The van der Waals surface area contributed by atoms with Crippen molar-refractivity contribution in [3.05, 3.63) is 17.5 Å². The number of hydrogen-bond acceptors (Lipinski definition) is 3. The van der Waals surface area contributed by atoms with Crippen LogP contribution in [-0.4, -0.2) is 34.4 Å². The van der Waals surface area contributed by atoms with Gasteiger partial charge in [0.25, 0.3) is 5.91 Å². The normalized spacial score (nSPS) is 11.6. The summed E-state index contributed by atoms with van der Waals surface area (Å²) in [7, 11) is 0. The van der Waals surface area contributed by atoms with Gasteiger partial charge in [0.2, 0.25) is 0 Å². The third kappa shape index (κ3) is 3.32. The van der Waals surface area contributed by atoms with Gasteiger partial charge in [0.05, 0.1) is 6.61 Å². The van der Waals surface area contributed by atoms with Crippen LogP contribution >= 0.6 is 0 Å². The van der Waals surface area contributed by atoms with Gasteiger partial charge in [-0.2, -0.15) is 5.10 Å². The molecule has 1 rings (SSSR count). The predicted molar refractivity (Wildman–Crippen MR) is 70.4 cm³/mol. The Morgan fingerprint density at radius 3 is 2.56 bits per heavy atom. The Bertz CT molecular complexity index is 375. The van der Waals surface area contributed by atoms with Crippen LogP contribution in [0.5, 0.6) is 0 Å². The number of hydrogen-bond donors (Lipinski definition) is 3. The number of rotatable bonds is 7. The summed E-state index contributed by atoms with van der Waals surface area (Å²) in [6.45, 7) is 6.61. The molecule has 0 saturated heterocycles. The molecule has 0 saturated carbocycles. The summed E-state index contributed by atoms with van der Waals surface area (Å²) in [5.41, 5.74) is 1.13. The average Bonchev–Trinajstić information content (AvgIpc) is 2.89. The molecule has 0 radical (unpaired) electrons. The number of carbonyl (C=O) groups is 1. The van der Waals surface area contributed by atoms with E-state index in [-0.39, 0.29) is 17.9 Å². The molecule has 0 aromatic carbocycles. The highest BCUT2D eigenvalue weighted by Crippen LogP contribution is 2.24. The van der Waals surface area contributed by atoms with Gasteiger partial charge in [0.15, 0.2) is 0 Å². The van der Waals surface area contributed by atoms with Crippen molar-refractivity contribution in [3.63, 3.8) is 0 Å². The fourth-order valence-electron chi connectivity index (χ4n) is 1.80. The van der Waals surface area contributed by atoms with Crippen LogP contribution in [-0.2, 0) is 6.42 Å². The van der Waals surface area contributed by atoms with Crippen LogP contribution in [0.3, 0.4) is 0 Å². The molecule has 0 aliphatic heterocycles. The molecule has 102 valence electrons. The first kappa shape index (κ1) is 14.7. The zero-order valence-electron chi connectivity index (χ0n) is 11.4. The Kier molecular flexibility index (Phi) is 5.34. The SMILES string of the molecule is CCc1cc(C(=O)NCC(CC)(CC)CO)n[nH]1. The van der Waals surface area contributed by atoms with Crippen molar-refractivity contribution in [3.8, 4) is 0 Å². The van der Waals surface area contributed by atoms with Crippen LogP contribution < -0.4 is 5.32 Å². The Morgan fingerprint density at radius 1 is 1.44 bits per heavy atom. The van der Waals surface area contributed by atoms with Crippen molar-refractivity contribution in [2.24, 2.45) is 5.41 Å². The van der Waals surface area contributed by atoms with E-state index in [0.717, 1.165) is 25.0 Å². The van der Waals surface area contributed by atoms with Gasteiger partial charge in [-0.3, -0.25) is 9.89 Å². The number of aryl methyl sites for hydroxylation is 1. The van der Waals surface area contributed by atoms with Gasteiger partial charge in [0.1, 0.15) is 5.69 Å². The topological polar surface area (TPSA) is 78.0 Å². The highest BCUT2D eigenvalue weighted by molar-refractivity contribution is 5.92. The lowest BCUT2D eigenvalue weighted by Gasteiger charge is -2.29. The number of aromatic nitrogens is 2. The maximum atomic E-state index is 11.9. The molecule has 0 atom stereocenters. The van der Waals surface area contributed by atoms with Crippen molar-refractivity contribution < 1.29 is 9.90 Å². The maximum Gasteiger partial charge on any atom is 0.271 e. The summed E-state index contributed by atoms with van der Waals surface area (Å²) < 4.78 is 0. The molecule has 3 N–H and O–H groups in total. The summed E-state index contributed by atoms with van der Waals surface area (Å²) in [5, 5.41) is 19.1. The third-order valence-corrected chi connectivity index (χ3v) is 3.70. The van der Waals surface area contributed by atoms with Crippen LogP contribution in [0.15, 0.2) is 6.07 Å². The number of aromatic amines is 1. The fraction of sp³-hybridized carbons (Fsp3) is 0.692. The molecule has 0 fully saturated rings. The smallest absolute Gasteiger partial charge is 0.271 e. The first-order valence-electron chi connectivity index (χ1n) is 6.54. The molecular weight excluding hydrogens is 230 g/mol. The molecule has 1 heterocycles. The minimum absolute atomic E-state index is 0.0844. The zero-order valence-corrected chi connectivity index (χ0v) is 11.4. The standard InChI is InChI=1S/C13H23N3O2/c1-4-10-7-11(16-15-10)12(18)14-8-13(5-2,6-3)9-17/h7,17H,4-6,8-9H2,1-3H3,(H,14,18)(H,15,16). The van der Waals surface area contributed by atoms with Crippen LogP contribution in [0.2, 0.25) is 0 Å². The molecule has 18 heavy (non-hydrogen) atoms. The summed E-state index contributed by atoms with van der Waals surface area (Å²) in [5.74, 6) is -0.189. The lowest BCUT2D eigenvalue weighted by molar-refractivity contribution is 0.0847. The van der Waals surface area contributed by atoms with Gasteiger partial charge < -0.3 is 10.4 Å². The second-order valence-corrected chi connectivity index (χ2v) is 4.68. The van der Waals surface area contributed by atoms with Crippen molar-refractivity contribution in [2.45, 2.75) is 40.0 Å². The van der Waals surface area contributed by atoms with Gasteiger partial charge >= 0.3 is 0 Å². The first-order chi connectivity index (χ1) is 8.60. The number of nitrogens with zero attached hydrogens (tertiary/aromatic N) is 1. The second kappa shape index (κ2) is 6.54. The van der Waals surface area contributed by atoms with Gasteiger partial charge in [-0.1, -0.05) is 20.8 Å². The minimum atomic E-state index is -0.223. The van der Waals surface area contributed by atoms with E-state index in [9.17, 15) is 9.90 Å². The number of H-pyrrole nitrogens is 1. The lowest BCUT2D eigenvalue weighted by atomic mass is 9.83. The number of nitrogens with one attached hydrogen (secondary N) is 2. The molecule has 5 heteroatoms. The monoisotopic (exact) mass is 253 g/mol. The van der Waals surface area contributed by atoms with Gasteiger partial charge in [-0.15, -0.1) is 0 Å². The Hall–Kier alpha value is -1.36. The highest BCUT2D eigenvalue weighted by atomic mass is 16.3. The van der Waals surface area contributed by atoms with E-state index >= 15 is 0 Å². The summed E-state index contributed by atoms with van der Waals surface area (Å²) >= 11 is 0. The molecule has 5 nitrogen and oxygen atoms in total. The van der Waals surface area contributed by atoms with Gasteiger partial charge in [0, 0.05) is 17.7 Å². The maximum absolute atomic E-state index is 11.9. The second-order valence-electron chi connectivity index (χ2n) is 4.68. The average molecular weight is 253 g/mol. The number of aliphatic hydroxyl groups excluding tert-OH is 1. The Balaban J connectivity index is 2.59. The third-order valence-electron chi connectivity index (χ3n) is 3.70. The molecular formula is C13H23N3O2. The first-order valence-corrected chi connectivity index (χ1v) is 6.54. The van der Waals surface area contributed by atoms with E-state index in [1.807, 2.05) is 20.8 Å². The van der Waals surface area contributed by atoms with Crippen LogP contribution in [0.1, 0.15) is 49.8 Å². The molecule has 0 aliphatic rings. The van der Waals surface area contributed by atoms with E-state index < -0.39 is 0 Å². The molecule has 1 aromatic rings. The zero-order chi connectivity index (χ0) is 13.6. The number of aliphatic hydroxyl groups is 1. The van der Waals surface area contributed by atoms with Crippen molar-refractivity contribution >= 4 is 5.91 Å². The molecule has 1 aromatic heterocycles. The summed E-state index contributed by atoms with van der Waals surface area (Å²) in [6.07, 6.45) is 2.49. The Labute approximate surface area is 108 Å². The fourth-order valence-corrected chi connectivity index (χ4v) is 1.80. The minimum Gasteiger partial charge on any atom is -0.396 e.